The van der Waals surface area contributed by atoms with Gasteiger partial charge in [0, 0.05) is 24.2 Å². The van der Waals surface area contributed by atoms with Crippen LogP contribution in [0.5, 0.6) is 0 Å². The number of aliphatic hydroxyl groups excluding tert-OH is 1. The maximum Gasteiger partial charge on any atom is 0.293 e. The van der Waals surface area contributed by atoms with Crippen LogP contribution in [0.4, 0.5) is 15.8 Å². The first-order valence-electron chi connectivity index (χ1n) is 6.57. The molecule has 2 saturated heterocycles. The lowest BCUT2D eigenvalue weighted by atomic mass is 9.98. The molecule has 20 heavy (non-hydrogen) atoms. The molecule has 1 aromatic rings. The highest BCUT2D eigenvalue weighted by Gasteiger charge is 2.42. The Kier molecular flexibility index (Phi) is 3.57. The molecule has 0 amide bonds. The molecule has 3 rings (SSSR count). The van der Waals surface area contributed by atoms with Crippen molar-refractivity contribution in [1.82, 2.24) is 0 Å². The Hall–Kier alpha value is -0.960. The molecule has 0 saturated carbocycles. The summed E-state index contributed by atoms with van der Waals surface area (Å²) in [5, 5.41) is 21.0. The van der Waals surface area contributed by atoms with E-state index < -0.39 is 10.7 Å². The molecule has 0 aromatic heterocycles. The fourth-order valence-electron chi connectivity index (χ4n) is 3.42. The summed E-state index contributed by atoms with van der Waals surface area (Å²) in [6.07, 6.45) is 2.64. The van der Waals surface area contributed by atoms with Gasteiger partial charge in [-0.1, -0.05) is 0 Å². The number of benzene rings is 1. The molecule has 2 aliphatic rings. The zero-order chi connectivity index (χ0) is 14.4. The van der Waals surface area contributed by atoms with Crippen molar-refractivity contribution in [3.8, 4) is 0 Å². The van der Waals surface area contributed by atoms with Crippen LogP contribution < -0.4 is 4.90 Å². The molecular weight excluding hydrogens is 378 g/mol. The lowest BCUT2D eigenvalue weighted by Gasteiger charge is -2.38. The number of nitrogens with zero attached hydrogens (tertiary/aromatic N) is 2. The van der Waals surface area contributed by atoms with Crippen LogP contribution in [-0.2, 0) is 0 Å². The van der Waals surface area contributed by atoms with E-state index in [0.29, 0.717) is 18.5 Å². The van der Waals surface area contributed by atoms with Gasteiger partial charge in [0.15, 0.2) is 0 Å². The highest BCUT2D eigenvalue weighted by Crippen LogP contribution is 2.43. The quantitative estimate of drug-likeness (QED) is 0.478. The smallest absolute Gasteiger partial charge is 0.293 e. The van der Waals surface area contributed by atoms with E-state index in [1.165, 1.54) is 12.1 Å². The van der Waals surface area contributed by atoms with Gasteiger partial charge in [-0.15, -0.1) is 0 Å². The molecule has 1 aromatic carbocycles. The molecule has 2 unspecified atom stereocenters. The van der Waals surface area contributed by atoms with Gasteiger partial charge in [-0.3, -0.25) is 10.1 Å². The highest BCUT2D eigenvalue weighted by atomic mass is 127. The van der Waals surface area contributed by atoms with Crippen molar-refractivity contribution >= 4 is 34.0 Å². The van der Waals surface area contributed by atoms with Gasteiger partial charge < -0.3 is 10.0 Å². The number of piperidine rings is 1. The van der Waals surface area contributed by atoms with Crippen molar-refractivity contribution in [3.05, 3.63) is 31.6 Å². The number of nitro groups is 1. The number of anilines is 1. The number of fused-ring (bicyclic) bond motifs is 2. The minimum absolute atomic E-state index is 0.0518. The molecule has 108 valence electrons. The average Bonchev–Trinajstić information content (AvgIpc) is 2.64. The summed E-state index contributed by atoms with van der Waals surface area (Å²) in [6.45, 7) is 0. The Morgan fingerprint density at radius 1 is 1.35 bits per heavy atom. The number of hydrogen-bond acceptors (Lipinski definition) is 4. The van der Waals surface area contributed by atoms with Crippen LogP contribution in [0.25, 0.3) is 0 Å². The van der Waals surface area contributed by atoms with Crippen LogP contribution in [0, 0.1) is 19.5 Å². The van der Waals surface area contributed by atoms with Gasteiger partial charge >= 0.3 is 0 Å². The zero-order valence-electron chi connectivity index (χ0n) is 10.6. The first-order chi connectivity index (χ1) is 9.47. The normalized spacial score (nSPS) is 28.8. The molecule has 0 radical (unpaired) electrons. The lowest BCUT2D eigenvalue weighted by Crippen LogP contribution is -2.45. The van der Waals surface area contributed by atoms with Crippen molar-refractivity contribution in [1.29, 1.82) is 0 Å². The number of aliphatic hydroxyl groups is 1. The molecule has 2 atom stereocenters. The summed E-state index contributed by atoms with van der Waals surface area (Å²) in [5.74, 6) is -0.434. The Bertz CT molecular complexity index is 555. The van der Waals surface area contributed by atoms with Gasteiger partial charge in [0.1, 0.15) is 11.5 Å². The maximum absolute atomic E-state index is 13.8. The first kappa shape index (κ1) is 14.0. The largest absolute Gasteiger partial charge is 0.393 e. The summed E-state index contributed by atoms with van der Waals surface area (Å²) >= 11 is 1.76. The van der Waals surface area contributed by atoms with Crippen LogP contribution in [-0.4, -0.2) is 28.2 Å². The van der Waals surface area contributed by atoms with E-state index in [2.05, 4.69) is 0 Å². The Morgan fingerprint density at radius 2 is 1.95 bits per heavy atom. The van der Waals surface area contributed by atoms with Crippen molar-refractivity contribution in [2.75, 3.05) is 4.90 Å². The molecule has 1 N–H and O–H groups in total. The summed E-state index contributed by atoms with van der Waals surface area (Å²) < 4.78 is 14.1. The van der Waals surface area contributed by atoms with Crippen molar-refractivity contribution in [2.24, 2.45) is 0 Å². The topological polar surface area (TPSA) is 66.6 Å². The molecule has 5 nitrogen and oxygen atoms in total. The third-order valence-corrected chi connectivity index (χ3v) is 5.03. The third kappa shape index (κ3) is 2.26. The second-order valence-electron chi connectivity index (χ2n) is 5.43. The zero-order valence-corrected chi connectivity index (χ0v) is 12.8. The van der Waals surface area contributed by atoms with Gasteiger partial charge in [0.2, 0.25) is 0 Å². The van der Waals surface area contributed by atoms with Crippen molar-refractivity contribution < 1.29 is 14.4 Å². The molecule has 7 heteroatoms. The van der Waals surface area contributed by atoms with E-state index in [-0.39, 0.29) is 27.4 Å². The van der Waals surface area contributed by atoms with E-state index in [9.17, 15) is 19.6 Å². The molecule has 0 aliphatic carbocycles. The summed E-state index contributed by atoms with van der Waals surface area (Å²) in [7, 11) is 0. The predicted octanol–water partition coefficient (Wildman–Crippen LogP) is 2.83. The number of halogens is 2. The second kappa shape index (κ2) is 5.10. The predicted molar refractivity (Wildman–Crippen MR) is 80.3 cm³/mol. The van der Waals surface area contributed by atoms with Crippen LogP contribution >= 0.6 is 22.6 Å². The monoisotopic (exact) mass is 392 g/mol. The van der Waals surface area contributed by atoms with E-state index >= 15 is 0 Å². The lowest BCUT2D eigenvalue weighted by molar-refractivity contribution is -0.384. The number of hydrogen-bond donors (Lipinski definition) is 1. The van der Waals surface area contributed by atoms with Crippen molar-refractivity contribution in [3.63, 3.8) is 0 Å². The molecule has 2 fully saturated rings. The third-order valence-electron chi connectivity index (χ3n) is 4.20. The molecular formula is C13H14FIN2O3. The molecule has 2 bridgehead atoms. The van der Waals surface area contributed by atoms with Crippen LogP contribution in [0.15, 0.2) is 12.1 Å². The minimum Gasteiger partial charge on any atom is -0.393 e. The fraction of sp³-hybridized carbons (Fsp3) is 0.538. The Labute approximate surface area is 129 Å². The van der Waals surface area contributed by atoms with Crippen LogP contribution in [0.3, 0.4) is 0 Å². The van der Waals surface area contributed by atoms with Gasteiger partial charge in [0.25, 0.3) is 5.69 Å². The second-order valence-corrected chi connectivity index (χ2v) is 6.59. The van der Waals surface area contributed by atoms with Crippen LogP contribution in [0.1, 0.15) is 25.7 Å². The summed E-state index contributed by atoms with van der Waals surface area (Å²) in [5.41, 5.74) is 0.302. The van der Waals surface area contributed by atoms with Gasteiger partial charge in [-0.2, -0.15) is 0 Å². The van der Waals surface area contributed by atoms with E-state index in [1.54, 1.807) is 22.6 Å². The number of rotatable bonds is 2. The standard InChI is InChI=1S/C13H14FIN2O3/c14-10-5-12(13(17(19)20)6-11(10)15)16-7-1-2-8(16)4-9(18)3-7/h5-9,18H,1-4H2. The maximum atomic E-state index is 13.8. The van der Waals surface area contributed by atoms with Gasteiger partial charge in [-0.25, -0.2) is 4.39 Å². The fourth-order valence-corrected chi connectivity index (χ4v) is 3.87. The SMILES string of the molecule is O=[N+]([O-])c1cc(I)c(F)cc1N1C2CCC1CC(O)C2. The van der Waals surface area contributed by atoms with E-state index in [4.69, 9.17) is 0 Å². The Balaban J connectivity index is 2.06. The molecule has 2 heterocycles. The minimum atomic E-state index is -0.457. The van der Waals surface area contributed by atoms with Gasteiger partial charge in [0.05, 0.1) is 14.6 Å². The Morgan fingerprint density at radius 3 is 2.50 bits per heavy atom. The highest BCUT2D eigenvalue weighted by molar-refractivity contribution is 14.1. The van der Waals surface area contributed by atoms with E-state index in [0.717, 1.165) is 12.8 Å². The molecule has 0 spiro atoms. The number of nitro benzene ring substituents is 1. The first-order valence-corrected chi connectivity index (χ1v) is 7.65. The van der Waals surface area contributed by atoms with E-state index in [1.807, 2.05) is 4.90 Å². The van der Waals surface area contributed by atoms with Crippen LogP contribution in [0.2, 0.25) is 0 Å². The summed E-state index contributed by atoms with van der Waals surface area (Å²) in [4.78, 5) is 12.7. The summed E-state index contributed by atoms with van der Waals surface area (Å²) in [6, 6.07) is 2.70. The van der Waals surface area contributed by atoms with Gasteiger partial charge in [-0.05, 0) is 48.3 Å². The molecule has 2 aliphatic heterocycles. The van der Waals surface area contributed by atoms with Crippen molar-refractivity contribution in [2.45, 2.75) is 43.9 Å². The average molecular weight is 392 g/mol.